The first-order valence-corrected chi connectivity index (χ1v) is 7.71. The fourth-order valence-electron chi connectivity index (χ4n) is 2.82. The molecule has 0 unspecified atom stereocenters. The highest BCUT2D eigenvalue weighted by Crippen LogP contribution is 2.30. The molecule has 110 valence electrons. The van der Waals surface area contributed by atoms with E-state index in [0.717, 1.165) is 19.4 Å². The number of nitrogens with one attached hydrogen (secondary N) is 1. The highest BCUT2D eigenvalue weighted by molar-refractivity contribution is 5.75. The summed E-state index contributed by atoms with van der Waals surface area (Å²) in [5.41, 5.74) is 2.52. The Hall–Kier alpha value is -1.51. The van der Waals surface area contributed by atoms with Crippen LogP contribution in [-0.2, 0) is 0 Å². The van der Waals surface area contributed by atoms with Crippen LogP contribution in [0.2, 0.25) is 0 Å². The Morgan fingerprint density at radius 3 is 2.55 bits per heavy atom. The van der Waals surface area contributed by atoms with E-state index < -0.39 is 0 Å². The van der Waals surface area contributed by atoms with E-state index >= 15 is 0 Å². The molecule has 1 aromatic rings. The van der Waals surface area contributed by atoms with Crippen LogP contribution in [0.4, 0.5) is 4.79 Å². The summed E-state index contributed by atoms with van der Waals surface area (Å²) in [5, 5.41) is 3.04. The molecule has 3 nitrogen and oxygen atoms in total. The number of nitrogens with zero attached hydrogens (tertiary/aromatic N) is 1. The maximum absolute atomic E-state index is 12.4. The number of carbonyl (C=O) groups excluding carboxylic acids is 1. The van der Waals surface area contributed by atoms with E-state index in [-0.39, 0.29) is 18.1 Å². The van der Waals surface area contributed by atoms with Crippen molar-refractivity contribution in [3.8, 4) is 0 Å². The second-order valence-corrected chi connectivity index (χ2v) is 6.07. The maximum Gasteiger partial charge on any atom is 0.318 e. The molecule has 3 heteroatoms. The first kappa shape index (κ1) is 14.9. The summed E-state index contributed by atoms with van der Waals surface area (Å²) in [6, 6.07) is 9.09. The van der Waals surface area contributed by atoms with E-state index in [1.807, 2.05) is 18.7 Å². The smallest absolute Gasteiger partial charge is 0.318 e. The van der Waals surface area contributed by atoms with Crippen molar-refractivity contribution in [2.24, 2.45) is 0 Å². The van der Waals surface area contributed by atoms with Gasteiger partial charge in [-0.15, -0.1) is 0 Å². The van der Waals surface area contributed by atoms with E-state index in [9.17, 15) is 4.79 Å². The highest BCUT2D eigenvalue weighted by atomic mass is 16.2. The second-order valence-electron chi connectivity index (χ2n) is 6.07. The molecule has 1 atom stereocenters. The third-order valence-corrected chi connectivity index (χ3v) is 3.89. The van der Waals surface area contributed by atoms with Gasteiger partial charge in [-0.2, -0.15) is 0 Å². The molecule has 1 aliphatic heterocycles. The lowest BCUT2D eigenvalue weighted by Gasteiger charge is -2.31. The number of likely N-dealkylation sites (tertiary alicyclic amines) is 1. The maximum atomic E-state index is 12.4. The van der Waals surface area contributed by atoms with Gasteiger partial charge in [-0.25, -0.2) is 4.79 Å². The van der Waals surface area contributed by atoms with Gasteiger partial charge in [0.2, 0.25) is 0 Å². The molecule has 1 saturated heterocycles. The van der Waals surface area contributed by atoms with Gasteiger partial charge in [0, 0.05) is 12.6 Å². The van der Waals surface area contributed by atoms with Gasteiger partial charge in [0.05, 0.1) is 6.04 Å². The average Bonchev–Trinajstić information content (AvgIpc) is 2.64. The molecule has 2 rings (SSSR count). The Morgan fingerprint density at radius 2 is 1.90 bits per heavy atom. The minimum Gasteiger partial charge on any atom is -0.336 e. The van der Waals surface area contributed by atoms with E-state index in [0.29, 0.717) is 0 Å². The van der Waals surface area contributed by atoms with E-state index in [4.69, 9.17) is 0 Å². The first-order valence-electron chi connectivity index (χ1n) is 7.71. The molecule has 1 aromatic carbocycles. The zero-order valence-corrected chi connectivity index (χ0v) is 12.9. The number of hydrogen-bond donors (Lipinski definition) is 1. The van der Waals surface area contributed by atoms with Crippen molar-refractivity contribution < 1.29 is 4.79 Å². The monoisotopic (exact) mass is 274 g/mol. The minimum atomic E-state index is 0.0764. The number of carbonyl (C=O) groups is 1. The largest absolute Gasteiger partial charge is 0.336 e. The van der Waals surface area contributed by atoms with E-state index in [2.05, 4.69) is 36.5 Å². The number of benzene rings is 1. The third-order valence-electron chi connectivity index (χ3n) is 3.89. The van der Waals surface area contributed by atoms with E-state index in [1.54, 1.807) is 0 Å². The number of aryl methyl sites for hydroxylation is 1. The van der Waals surface area contributed by atoms with Gasteiger partial charge < -0.3 is 10.2 Å². The zero-order valence-electron chi connectivity index (χ0n) is 12.9. The third kappa shape index (κ3) is 3.75. The summed E-state index contributed by atoms with van der Waals surface area (Å²) in [7, 11) is 0. The number of hydrogen-bond acceptors (Lipinski definition) is 1. The molecule has 0 spiro atoms. The fraction of sp³-hybridized carbons (Fsp3) is 0.588. The Bertz CT molecular complexity index is 439. The van der Waals surface area contributed by atoms with Crippen LogP contribution in [0.5, 0.6) is 0 Å². The summed E-state index contributed by atoms with van der Waals surface area (Å²) in [6.07, 6.45) is 4.58. The Labute approximate surface area is 122 Å². The normalized spacial score (nSPS) is 19.8. The molecule has 1 N–H and O–H groups in total. The standard InChI is InChI=1S/C17H26N2O/c1-13(2)18-17(20)19-12-6-4-5-7-16(19)15-10-8-14(3)9-11-15/h8-11,13,16H,4-7,12H2,1-3H3,(H,18,20)/t16-/m0/s1. The highest BCUT2D eigenvalue weighted by Gasteiger charge is 2.26. The van der Waals surface area contributed by atoms with Gasteiger partial charge in [0.15, 0.2) is 0 Å². The zero-order chi connectivity index (χ0) is 14.5. The molecule has 0 aliphatic carbocycles. The molecule has 20 heavy (non-hydrogen) atoms. The molecular formula is C17H26N2O. The minimum absolute atomic E-state index is 0.0764. The number of amides is 2. The molecule has 0 bridgehead atoms. The van der Waals surface area contributed by atoms with Crippen molar-refractivity contribution in [3.05, 3.63) is 35.4 Å². The van der Waals surface area contributed by atoms with Crippen molar-refractivity contribution in [3.63, 3.8) is 0 Å². The lowest BCUT2D eigenvalue weighted by atomic mass is 10.00. The average molecular weight is 274 g/mol. The predicted molar refractivity (Wildman–Crippen MR) is 82.8 cm³/mol. The lowest BCUT2D eigenvalue weighted by Crippen LogP contribution is -2.44. The molecule has 0 aromatic heterocycles. The molecule has 0 radical (unpaired) electrons. The lowest BCUT2D eigenvalue weighted by molar-refractivity contribution is 0.173. The van der Waals surface area contributed by atoms with Gasteiger partial charge in [-0.1, -0.05) is 42.7 Å². The number of urea groups is 1. The van der Waals surface area contributed by atoms with Gasteiger partial charge in [-0.3, -0.25) is 0 Å². The van der Waals surface area contributed by atoms with Crippen LogP contribution in [0.3, 0.4) is 0 Å². The van der Waals surface area contributed by atoms with Crippen LogP contribution in [0.15, 0.2) is 24.3 Å². The Morgan fingerprint density at radius 1 is 1.20 bits per heavy atom. The summed E-state index contributed by atoms with van der Waals surface area (Å²) in [6.45, 7) is 6.98. The van der Waals surface area contributed by atoms with Crippen molar-refractivity contribution in [2.45, 2.75) is 58.5 Å². The molecule has 1 heterocycles. The molecule has 1 fully saturated rings. The molecule has 0 saturated carbocycles. The molecular weight excluding hydrogens is 248 g/mol. The summed E-state index contributed by atoms with van der Waals surface area (Å²) < 4.78 is 0. The van der Waals surface area contributed by atoms with Crippen LogP contribution in [0, 0.1) is 6.92 Å². The van der Waals surface area contributed by atoms with Gasteiger partial charge >= 0.3 is 6.03 Å². The summed E-state index contributed by atoms with van der Waals surface area (Å²) in [5.74, 6) is 0. The van der Waals surface area contributed by atoms with Crippen molar-refractivity contribution in [1.29, 1.82) is 0 Å². The van der Waals surface area contributed by atoms with Gasteiger partial charge in [0.25, 0.3) is 0 Å². The first-order chi connectivity index (χ1) is 9.58. The predicted octanol–water partition coefficient (Wildman–Crippen LogP) is 4.03. The second kappa shape index (κ2) is 6.78. The summed E-state index contributed by atoms with van der Waals surface area (Å²) >= 11 is 0. The van der Waals surface area contributed by atoms with Crippen LogP contribution >= 0.6 is 0 Å². The van der Waals surface area contributed by atoms with Gasteiger partial charge in [-0.05, 0) is 39.2 Å². The van der Waals surface area contributed by atoms with Crippen LogP contribution in [-0.4, -0.2) is 23.5 Å². The van der Waals surface area contributed by atoms with Crippen LogP contribution < -0.4 is 5.32 Å². The van der Waals surface area contributed by atoms with Crippen molar-refractivity contribution in [1.82, 2.24) is 10.2 Å². The van der Waals surface area contributed by atoms with Crippen LogP contribution in [0.1, 0.15) is 56.7 Å². The fourth-order valence-corrected chi connectivity index (χ4v) is 2.82. The SMILES string of the molecule is Cc1ccc([C@@H]2CCCCCN2C(=O)NC(C)C)cc1. The Balaban J connectivity index is 2.20. The van der Waals surface area contributed by atoms with Crippen molar-refractivity contribution >= 4 is 6.03 Å². The molecule has 2 amide bonds. The quantitative estimate of drug-likeness (QED) is 0.867. The van der Waals surface area contributed by atoms with Crippen molar-refractivity contribution in [2.75, 3.05) is 6.54 Å². The Kier molecular flexibility index (Phi) is 5.05. The summed E-state index contributed by atoms with van der Waals surface area (Å²) in [4.78, 5) is 14.5. The van der Waals surface area contributed by atoms with E-state index in [1.165, 1.54) is 24.0 Å². The number of rotatable bonds is 2. The topological polar surface area (TPSA) is 32.3 Å². The van der Waals surface area contributed by atoms with Crippen LogP contribution in [0.25, 0.3) is 0 Å². The molecule has 1 aliphatic rings. The van der Waals surface area contributed by atoms with Gasteiger partial charge in [0.1, 0.15) is 0 Å².